The molecule has 0 bridgehead atoms. The first-order valence-electron chi connectivity index (χ1n) is 6.99. The van der Waals surface area contributed by atoms with Crippen LogP contribution < -0.4 is 0 Å². The normalized spacial score (nSPS) is 27.2. The highest BCUT2D eigenvalue weighted by atomic mass is 16.2. The van der Waals surface area contributed by atoms with Crippen molar-refractivity contribution in [3.05, 3.63) is 0 Å². The maximum absolute atomic E-state index is 12.5. The highest BCUT2D eigenvalue weighted by Gasteiger charge is 2.43. The van der Waals surface area contributed by atoms with Crippen LogP contribution in [0.3, 0.4) is 0 Å². The van der Waals surface area contributed by atoms with Gasteiger partial charge in [0.2, 0.25) is 0 Å². The quantitative estimate of drug-likeness (QED) is 0.755. The Bertz CT molecular complexity index is 328. The number of carbonyl (C=O) groups excluding carboxylic acids is 2. The van der Waals surface area contributed by atoms with E-state index >= 15 is 0 Å². The van der Waals surface area contributed by atoms with E-state index in [1.165, 1.54) is 0 Å². The number of rotatable bonds is 2. The Morgan fingerprint density at radius 1 is 1.11 bits per heavy atom. The summed E-state index contributed by atoms with van der Waals surface area (Å²) in [7, 11) is 0. The molecule has 4 nitrogen and oxygen atoms in total. The van der Waals surface area contributed by atoms with Gasteiger partial charge in [0.25, 0.3) is 0 Å². The molecule has 0 radical (unpaired) electrons. The maximum Gasteiger partial charge on any atom is 0.320 e. The molecule has 2 amide bonds. The molecule has 2 aliphatic rings. The summed E-state index contributed by atoms with van der Waals surface area (Å²) >= 11 is 0. The number of ketones is 1. The van der Waals surface area contributed by atoms with Crippen LogP contribution in [0.2, 0.25) is 0 Å². The molecule has 0 spiro atoms. The van der Waals surface area contributed by atoms with Gasteiger partial charge in [0.05, 0.1) is 0 Å². The van der Waals surface area contributed by atoms with Crippen molar-refractivity contribution in [2.24, 2.45) is 11.8 Å². The van der Waals surface area contributed by atoms with Gasteiger partial charge in [-0.2, -0.15) is 0 Å². The van der Waals surface area contributed by atoms with Gasteiger partial charge in [-0.25, -0.2) is 4.79 Å². The van der Waals surface area contributed by atoms with Gasteiger partial charge in [0, 0.05) is 38.0 Å². The zero-order valence-corrected chi connectivity index (χ0v) is 11.8. The maximum atomic E-state index is 12.5. The van der Waals surface area contributed by atoms with E-state index in [9.17, 15) is 9.59 Å². The summed E-state index contributed by atoms with van der Waals surface area (Å²) in [5.74, 6) is 1.21. The van der Waals surface area contributed by atoms with E-state index < -0.39 is 0 Å². The van der Waals surface area contributed by atoms with E-state index in [0.717, 1.165) is 13.1 Å². The number of fused-ring (bicyclic) bond motifs is 1. The summed E-state index contributed by atoms with van der Waals surface area (Å²) in [5.41, 5.74) is 0. The highest BCUT2D eigenvalue weighted by molar-refractivity contribution is 5.82. The molecule has 1 saturated heterocycles. The lowest BCUT2D eigenvalue weighted by atomic mass is 10.0. The molecule has 18 heavy (non-hydrogen) atoms. The third-order valence-corrected chi connectivity index (χ3v) is 4.16. The van der Waals surface area contributed by atoms with Crippen LogP contribution in [-0.2, 0) is 4.79 Å². The van der Waals surface area contributed by atoms with Gasteiger partial charge in [0.15, 0.2) is 0 Å². The van der Waals surface area contributed by atoms with E-state index in [-0.39, 0.29) is 18.1 Å². The van der Waals surface area contributed by atoms with Crippen molar-refractivity contribution in [1.29, 1.82) is 0 Å². The van der Waals surface area contributed by atoms with E-state index in [4.69, 9.17) is 0 Å². The van der Waals surface area contributed by atoms with Crippen LogP contribution in [0.15, 0.2) is 0 Å². The molecule has 0 N–H and O–H groups in total. The first-order valence-corrected chi connectivity index (χ1v) is 6.99. The summed E-state index contributed by atoms with van der Waals surface area (Å²) < 4.78 is 0. The number of nitrogens with zero attached hydrogens (tertiary/aromatic N) is 2. The first kappa shape index (κ1) is 13.4. The molecule has 2 fully saturated rings. The van der Waals surface area contributed by atoms with Crippen LogP contribution >= 0.6 is 0 Å². The SMILES string of the molecule is CC(C)N(C(=O)N1CC2CC(=O)CC2C1)C(C)C. The highest BCUT2D eigenvalue weighted by Crippen LogP contribution is 2.36. The average Bonchev–Trinajstić information content (AvgIpc) is 2.72. The van der Waals surface area contributed by atoms with Crippen molar-refractivity contribution in [1.82, 2.24) is 9.80 Å². The summed E-state index contributed by atoms with van der Waals surface area (Å²) in [6, 6.07) is 0.584. The van der Waals surface area contributed by atoms with Gasteiger partial charge >= 0.3 is 6.03 Å². The Balaban J connectivity index is 2.01. The second-order valence-corrected chi connectivity index (χ2v) is 6.25. The Kier molecular flexibility index (Phi) is 3.64. The molecular weight excluding hydrogens is 228 g/mol. The monoisotopic (exact) mass is 252 g/mol. The fraction of sp³-hybridized carbons (Fsp3) is 0.857. The van der Waals surface area contributed by atoms with Crippen LogP contribution in [0.5, 0.6) is 0 Å². The zero-order valence-electron chi connectivity index (χ0n) is 11.8. The minimum Gasteiger partial charge on any atom is -0.324 e. The predicted molar refractivity (Wildman–Crippen MR) is 70.3 cm³/mol. The van der Waals surface area contributed by atoms with Crippen LogP contribution in [0.1, 0.15) is 40.5 Å². The molecular formula is C14H24N2O2. The average molecular weight is 252 g/mol. The molecule has 1 saturated carbocycles. The van der Waals surface area contributed by atoms with Crippen molar-refractivity contribution in [2.45, 2.75) is 52.6 Å². The molecule has 4 heteroatoms. The van der Waals surface area contributed by atoms with Crippen molar-refractivity contribution in [3.8, 4) is 0 Å². The van der Waals surface area contributed by atoms with Crippen LogP contribution in [-0.4, -0.2) is 46.8 Å². The predicted octanol–water partition coefficient (Wildman–Crippen LogP) is 2.14. The summed E-state index contributed by atoms with van der Waals surface area (Å²) in [5, 5.41) is 0. The second kappa shape index (κ2) is 4.90. The number of likely N-dealkylation sites (tertiary alicyclic amines) is 1. The third kappa shape index (κ3) is 2.38. The molecule has 2 rings (SSSR count). The van der Waals surface area contributed by atoms with Gasteiger partial charge < -0.3 is 9.80 Å². The Hall–Kier alpha value is -1.06. The topological polar surface area (TPSA) is 40.6 Å². The number of hydrogen-bond acceptors (Lipinski definition) is 2. The van der Waals surface area contributed by atoms with Crippen molar-refractivity contribution in [3.63, 3.8) is 0 Å². The number of urea groups is 1. The van der Waals surface area contributed by atoms with Crippen LogP contribution in [0.4, 0.5) is 4.79 Å². The van der Waals surface area contributed by atoms with Crippen molar-refractivity contribution >= 4 is 11.8 Å². The Morgan fingerprint density at radius 3 is 1.94 bits per heavy atom. The minimum atomic E-state index is 0.141. The van der Waals surface area contributed by atoms with Gasteiger partial charge in [-0.15, -0.1) is 0 Å². The molecule has 102 valence electrons. The minimum absolute atomic E-state index is 0.141. The summed E-state index contributed by atoms with van der Waals surface area (Å²) in [4.78, 5) is 27.8. The molecule has 1 aliphatic carbocycles. The van der Waals surface area contributed by atoms with E-state index in [2.05, 4.69) is 27.7 Å². The number of amides is 2. The van der Waals surface area contributed by atoms with Crippen LogP contribution in [0, 0.1) is 11.8 Å². The molecule has 0 aromatic rings. The smallest absolute Gasteiger partial charge is 0.320 e. The van der Waals surface area contributed by atoms with E-state index in [1.54, 1.807) is 0 Å². The molecule has 0 aromatic carbocycles. The van der Waals surface area contributed by atoms with E-state index in [1.807, 2.05) is 9.80 Å². The second-order valence-electron chi connectivity index (χ2n) is 6.25. The molecule has 2 unspecified atom stereocenters. The van der Waals surface area contributed by atoms with Crippen molar-refractivity contribution < 1.29 is 9.59 Å². The first-order chi connectivity index (χ1) is 8.40. The molecule has 0 aromatic heterocycles. The molecule has 2 atom stereocenters. The fourth-order valence-corrected chi connectivity index (χ4v) is 3.43. The lowest BCUT2D eigenvalue weighted by Gasteiger charge is -2.34. The summed E-state index contributed by atoms with van der Waals surface area (Å²) in [6.45, 7) is 9.75. The molecule has 1 aliphatic heterocycles. The molecule has 1 heterocycles. The Morgan fingerprint density at radius 2 is 1.56 bits per heavy atom. The summed E-state index contributed by atoms with van der Waals surface area (Å²) in [6.07, 6.45) is 1.36. The number of hydrogen-bond donors (Lipinski definition) is 0. The van der Waals surface area contributed by atoms with Gasteiger partial charge in [-0.05, 0) is 39.5 Å². The Labute approximate surface area is 109 Å². The van der Waals surface area contributed by atoms with Crippen LogP contribution in [0.25, 0.3) is 0 Å². The lowest BCUT2D eigenvalue weighted by molar-refractivity contribution is -0.117. The number of carbonyl (C=O) groups is 2. The standard InChI is InChI=1S/C14H24N2O2/c1-9(2)16(10(3)4)14(18)15-7-11-5-13(17)6-12(11)8-15/h9-12H,5-8H2,1-4H3. The zero-order chi connectivity index (χ0) is 13.4. The largest absolute Gasteiger partial charge is 0.324 e. The third-order valence-electron chi connectivity index (χ3n) is 4.16. The van der Waals surface area contributed by atoms with Crippen molar-refractivity contribution in [2.75, 3.05) is 13.1 Å². The van der Waals surface area contributed by atoms with Gasteiger partial charge in [0.1, 0.15) is 5.78 Å². The lowest BCUT2D eigenvalue weighted by Crippen LogP contribution is -2.49. The van der Waals surface area contributed by atoms with E-state index in [0.29, 0.717) is 30.5 Å². The van der Waals surface area contributed by atoms with Gasteiger partial charge in [-0.1, -0.05) is 0 Å². The fourth-order valence-electron chi connectivity index (χ4n) is 3.43. The van der Waals surface area contributed by atoms with Gasteiger partial charge in [-0.3, -0.25) is 4.79 Å². The number of Topliss-reactive ketones (excluding diaryl/α,β-unsaturated/α-hetero) is 1.